The van der Waals surface area contributed by atoms with Gasteiger partial charge in [-0.15, -0.1) is 0 Å². The van der Waals surface area contributed by atoms with E-state index in [1.54, 1.807) is 4.90 Å². The zero-order chi connectivity index (χ0) is 14.7. The summed E-state index contributed by atoms with van der Waals surface area (Å²) in [5, 5.41) is 2.80. The molecule has 0 saturated carbocycles. The second-order valence-corrected chi connectivity index (χ2v) is 5.05. The number of benzene rings is 2. The molecule has 0 unspecified atom stereocenters. The maximum atomic E-state index is 12.4. The number of rotatable bonds is 3. The molecule has 106 valence electrons. The van der Waals surface area contributed by atoms with E-state index < -0.39 is 0 Å². The SMILES string of the molecule is O=C(CN1CCc2ccccc2C1=O)Nc1ccccc1. The van der Waals surface area contributed by atoms with Gasteiger partial charge in [-0.3, -0.25) is 9.59 Å². The van der Waals surface area contributed by atoms with Gasteiger partial charge in [0.2, 0.25) is 5.91 Å². The molecule has 0 aromatic heterocycles. The average molecular weight is 280 g/mol. The number of fused-ring (bicyclic) bond motifs is 1. The van der Waals surface area contributed by atoms with Crippen LogP contribution in [0.15, 0.2) is 54.6 Å². The van der Waals surface area contributed by atoms with Gasteiger partial charge in [-0.1, -0.05) is 36.4 Å². The zero-order valence-electron chi connectivity index (χ0n) is 11.6. The Morgan fingerprint density at radius 2 is 1.76 bits per heavy atom. The molecule has 0 bridgehead atoms. The number of hydrogen-bond acceptors (Lipinski definition) is 2. The third-order valence-corrected chi connectivity index (χ3v) is 3.58. The van der Waals surface area contributed by atoms with E-state index in [0.29, 0.717) is 12.1 Å². The predicted octanol–water partition coefficient (Wildman–Crippen LogP) is 2.32. The topological polar surface area (TPSA) is 49.4 Å². The van der Waals surface area contributed by atoms with Crippen LogP contribution in [0.3, 0.4) is 0 Å². The maximum absolute atomic E-state index is 12.4. The highest BCUT2D eigenvalue weighted by atomic mass is 16.2. The zero-order valence-corrected chi connectivity index (χ0v) is 11.6. The van der Waals surface area contributed by atoms with Crippen LogP contribution in [0.4, 0.5) is 5.69 Å². The lowest BCUT2D eigenvalue weighted by Gasteiger charge is -2.27. The van der Waals surface area contributed by atoms with Crippen molar-refractivity contribution >= 4 is 17.5 Å². The number of para-hydroxylation sites is 1. The van der Waals surface area contributed by atoms with E-state index in [0.717, 1.165) is 17.7 Å². The number of amides is 2. The Bertz CT molecular complexity index is 668. The Labute approximate surface area is 123 Å². The minimum Gasteiger partial charge on any atom is -0.329 e. The highest BCUT2D eigenvalue weighted by Crippen LogP contribution is 2.18. The first kappa shape index (κ1) is 13.4. The van der Waals surface area contributed by atoms with Crippen LogP contribution in [0.2, 0.25) is 0 Å². The van der Waals surface area contributed by atoms with Crippen molar-refractivity contribution in [1.29, 1.82) is 0 Å². The summed E-state index contributed by atoms with van der Waals surface area (Å²) < 4.78 is 0. The van der Waals surface area contributed by atoms with Gasteiger partial charge in [-0.05, 0) is 30.2 Å². The molecule has 1 N–H and O–H groups in total. The Kier molecular flexibility index (Phi) is 3.69. The van der Waals surface area contributed by atoms with Gasteiger partial charge in [0.25, 0.3) is 5.91 Å². The van der Waals surface area contributed by atoms with Crippen molar-refractivity contribution in [2.75, 3.05) is 18.4 Å². The van der Waals surface area contributed by atoms with Crippen molar-refractivity contribution in [2.24, 2.45) is 0 Å². The maximum Gasteiger partial charge on any atom is 0.254 e. The summed E-state index contributed by atoms with van der Waals surface area (Å²) in [4.78, 5) is 26.0. The molecule has 1 heterocycles. The van der Waals surface area contributed by atoms with Crippen LogP contribution >= 0.6 is 0 Å². The molecule has 2 amide bonds. The molecule has 3 rings (SSSR count). The molecule has 0 radical (unpaired) electrons. The van der Waals surface area contributed by atoms with Crippen molar-refractivity contribution in [3.63, 3.8) is 0 Å². The van der Waals surface area contributed by atoms with Crippen molar-refractivity contribution in [2.45, 2.75) is 6.42 Å². The Hall–Kier alpha value is -2.62. The minimum atomic E-state index is -0.172. The Balaban J connectivity index is 1.66. The molecule has 2 aromatic carbocycles. The molecule has 21 heavy (non-hydrogen) atoms. The molecule has 4 heteroatoms. The normalized spacial score (nSPS) is 13.7. The standard InChI is InChI=1S/C17H16N2O2/c20-16(18-14-7-2-1-3-8-14)12-19-11-10-13-6-4-5-9-15(13)17(19)21/h1-9H,10-12H2,(H,18,20). The van der Waals surface area contributed by atoms with Crippen LogP contribution in [-0.4, -0.2) is 29.8 Å². The number of hydrogen-bond donors (Lipinski definition) is 1. The third kappa shape index (κ3) is 2.94. The average Bonchev–Trinajstić information content (AvgIpc) is 2.51. The lowest BCUT2D eigenvalue weighted by atomic mass is 9.99. The Morgan fingerprint density at radius 1 is 1.05 bits per heavy atom. The molecule has 1 aliphatic rings. The van der Waals surface area contributed by atoms with Gasteiger partial charge in [0, 0.05) is 17.8 Å². The van der Waals surface area contributed by atoms with Gasteiger partial charge in [0.05, 0.1) is 0 Å². The summed E-state index contributed by atoms with van der Waals surface area (Å²) in [6, 6.07) is 16.8. The summed E-state index contributed by atoms with van der Waals surface area (Å²) in [7, 11) is 0. The van der Waals surface area contributed by atoms with Gasteiger partial charge in [-0.2, -0.15) is 0 Å². The van der Waals surface area contributed by atoms with Gasteiger partial charge in [0.1, 0.15) is 6.54 Å². The summed E-state index contributed by atoms with van der Waals surface area (Å²) in [6.45, 7) is 0.667. The van der Waals surface area contributed by atoms with Gasteiger partial charge < -0.3 is 10.2 Å². The molecule has 0 saturated heterocycles. The van der Waals surface area contributed by atoms with E-state index in [9.17, 15) is 9.59 Å². The van der Waals surface area contributed by atoms with E-state index in [1.165, 1.54) is 0 Å². The monoisotopic (exact) mass is 280 g/mol. The molecule has 2 aromatic rings. The number of anilines is 1. The fourth-order valence-corrected chi connectivity index (χ4v) is 2.52. The Morgan fingerprint density at radius 3 is 2.57 bits per heavy atom. The smallest absolute Gasteiger partial charge is 0.254 e. The highest BCUT2D eigenvalue weighted by molar-refractivity contribution is 6.00. The summed E-state index contributed by atoms with van der Waals surface area (Å²) in [5.74, 6) is -0.242. The molecule has 0 spiro atoms. The number of carbonyl (C=O) groups is 2. The minimum absolute atomic E-state index is 0.0694. The van der Waals surface area contributed by atoms with E-state index >= 15 is 0 Å². The summed E-state index contributed by atoms with van der Waals surface area (Å²) in [6.07, 6.45) is 0.792. The first-order chi connectivity index (χ1) is 10.2. The molecular formula is C17H16N2O2. The van der Waals surface area contributed by atoms with Crippen LogP contribution in [-0.2, 0) is 11.2 Å². The van der Waals surface area contributed by atoms with E-state index in [1.807, 2.05) is 54.6 Å². The van der Waals surface area contributed by atoms with E-state index in [2.05, 4.69) is 5.32 Å². The van der Waals surface area contributed by atoms with Crippen LogP contribution < -0.4 is 5.32 Å². The summed E-state index contributed by atoms with van der Waals surface area (Å²) in [5.41, 5.74) is 2.51. The lowest BCUT2D eigenvalue weighted by Crippen LogP contribution is -2.42. The second kappa shape index (κ2) is 5.79. The van der Waals surface area contributed by atoms with Crippen molar-refractivity contribution < 1.29 is 9.59 Å². The van der Waals surface area contributed by atoms with Crippen LogP contribution in [0.5, 0.6) is 0 Å². The summed E-state index contributed by atoms with van der Waals surface area (Å²) >= 11 is 0. The number of nitrogens with one attached hydrogen (secondary N) is 1. The predicted molar refractivity (Wildman–Crippen MR) is 81.1 cm³/mol. The molecule has 0 atom stereocenters. The first-order valence-electron chi connectivity index (χ1n) is 6.96. The second-order valence-electron chi connectivity index (χ2n) is 5.05. The molecule has 1 aliphatic heterocycles. The largest absolute Gasteiger partial charge is 0.329 e. The van der Waals surface area contributed by atoms with Crippen LogP contribution in [0, 0.1) is 0 Å². The third-order valence-electron chi connectivity index (χ3n) is 3.58. The lowest BCUT2D eigenvalue weighted by molar-refractivity contribution is -0.116. The van der Waals surface area contributed by atoms with Crippen molar-refractivity contribution in [1.82, 2.24) is 4.90 Å². The van der Waals surface area contributed by atoms with Gasteiger partial charge in [-0.25, -0.2) is 0 Å². The van der Waals surface area contributed by atoms with Crippen molar-refractivity contribution in [3.8, 4) is 0 Å². The number of nitrogens with zero attached hydrogens (tertiary/aromatic N) is 1. The van der Waals surface area contributed by atoms with E-state index in [-0.39, 0.29) is 18.4 Å². The fraction of sp³-hybridized carbons (Fsp3) is 0.176. The molecule has 0 aliphatic carbocycles. The van der Waals surface area contributed by atoms with Crippen LogP contribution in [0.25, 0.3) is 0 Å². The molecule has 4 nitrogen and oxygen atoms in total. The fourth-order valence-electron chi connectivity index (χ4n) is 2.52. The molecular weight excluding hydrogens is 264 g/mol. The van der Waals surface area contributed by atoms with Gasteiger partial charge in [0.15, 0.2) is 0 Å². The number of carbonyl (C=O) groups excluding carboxylic acids is 2. The van der Waals surface area contributed by atoms with Crippen molar-refractivity contribution in [3.05, 3.63) is 65.7 Å². The van der Waals surface area contributed by atoms with E-state index in [4.69, 9.17) is 0 Å². The first-order valence-corrected chi connectivity index (χ1v) is 6.96. The van der Waals surface area contributed by atoms with Gasteiger partial charge >= 0.3 is 0 Å². The highest BCUT2D eigenvalue weighted by Gasteiger charge is 2.25. The van der Waals surface area contributed by atoms with Crippen LogP contribution in [0.1, 0.15) is 15.9 Å². The molecule has 0 fully saturated rings. The quantitative estimate of drug-likeness (QED) is 0.938.